The van der Waals surface area contributed by atoms with Crippen LogP contribution in [0.2, 0.25) is 0 Å². The Morgan fingerprint density at radius 3 is 2.50 bits per heavy atom. The molecule has 1 fully saturated rings. The third-order valence-corrected chi connectivity index (χ3v) is 4.59. The fraction of sp³-hybridized carbons (Fsp3) is 0.875. The van der Waals surface area contributed by atoms with Crippen LogP contribution in [0.4, 0.5) is 0 Å². The molecule has 2 unspecified atom stereocenters. The Balaban J connectivity index is 2.81. The topological polar surface area (TPSA) is 74.2 Å². The number of carbonyl (C=O) groups excluding carboxylic acids is 1. The molecule has 1 aliphatic rings. The maximum atomic E-state index is 11.8. The van der Waals surface area contributed by atoms with Gasteiger partial charge >= 0.3 is 5.97 Å². The minimum Gasteiger partial charge on any atom is -0.469 e. The van der Waals surface area contributed by atoms with Gasteiger partial charge in [-0.15, -0.1) is 0 Å². The van der Waals surface area contributed by atoms with E-state index in [1.54, 1.807) is 0 Å². The maximum Gasteiger partial charge on any atom is 0.310 e. The van der Waals surface area contributed by atoms with Gasteiger partial charge in [0.25, 0.3) is 0 Å². The Hall–Kier alpha value is -1.30. The van der Waals surface area contributed by atoms with Gasteiger partial charge in [0.1, 0.15) is 0 Å². The number of nitrogens with one attached hydrogen (secondary N) is 1. The van der Waals surface area contributed by atoms with Crippen molar-refractivity contribution in [3.8, 4) is 0 Å². The van der Waals surface area contributed by atoms with E-state index in [2.05, 4.69) is 22.1 Å². The molecule has 0 aliphatic carbocycles. The maximum absolute atomic E-state index is 11.8. The van der Waals surface area contributed by atoms with Crippen molar-refractivity contribution in [2.24, 2.45) is 16.8 Å². The summed E-state index contributed by atoms with van der Waals surface area (Å²) in [6.07, 6.45) is 1.35. The highest BCUT2D eigenvalue weighted by molar-refractivity contribution is 5.82. The Kier molecular flexibility index (Phi) is 7.13. The lowest BCUT2D eigenvalue weighted by Gasteiger charge is -2.26. The molecule has 0 amide bonds. The molecule has 6 nitrogen and oxygen atoms in total. The zero-order valence-electron chi connectivity index (χ0n) is 14.6. The molecule has 1 heterocycles. The number of carbonyl (C=O) groups is 1. The second-order valence-corrected chi connectivity index (χ2v) is 6.11. The van der Waals surface area contributed by atoms with E-state index in [0.29, 0.717) is 25.9 Å². The molecule has 1 aliphatic heterocycles. The van der Waals surface area contributed by atoms with Crippen molar-refractivity contribution >= 4 is 11.9 Å². The number of aliphatic hydroxyl groups is 1. The molecular weight excluding hydrogens is 282 g/mol. The fourth-order valence-corrected chi connectivity index (χ4v) is 2.72. The number of esters is 1. The van der Waals surface area contributed by atoms with E-state index in [4.69, 9.17) is 4.74 Å². The number of hydrogen-bond donors (Lipinski definition) is 2. The number of ether oxygens (including phenoxy) is 1. The molecule has 0 radical (unpaired) electrons. The Labute approximate surface area is 133 Å². The predicted octanol–water partition coefficient (Wildman–Crippen LogP) is 1.24. The minimum absolute atomic E-state index is 0.120. The van der Waals surface area contributed by atoms with Crippen LogP contribution < -0.4 is 5.32 Å². The lowest BCUT2D eigenvalue weighted by Crippen LogP contribution is -2.42. The molecule has 0 aromatic rings. The first-order valence-electron chi connectivity index (χ1n) is 8.24. The molecule has 0 aromatic carbocycles. The first-order valence-corrected chi connectivity index (χ1v) is 8.24. The number of likely N-dealkylation sites (tertiary alicyclic amines) is 1. The summed E-state index contributed by atoms with van der Waals surface area (Å²) < 4.78 is 4.88. The van der Waals surface area contributed by atoms with Crippen molar-refractivity contribution in [2.45, 2.75) is 46.1 Å². The summed E-state index contributed by atoms with van der Waals surface area (Å²) in [5, 5.41) is 13.6. The molecule has 1 rings (SSSR count). The van der Waals surface area contributed by atoms with Crippen LogP contribution in [-0.4, -0.2) is 60.8 Å². The molecule has 0 bridgehead atoms. The zero-order valence-corrected chi connectivity index (χ0v) is 14.6. The quantitative estimate of drug-likeness (QED) is 0.438. The SMILES string of the molecule is CCNC(=NCC(O)(CC)CC)N1CC(C)C(C(=O)OC)C1. The van der Waals surface area contributed by atoms with E-state index in [0.717, 1.165) is 19.0 Å². The molecule has 22 heavy (non-hydrogen) atoms. The summed E-state index contributed by atoms with van der Waals surface area (Å²) in [5.74, 6) is 0.711. The average molecular weight is 313 g/mol. The molecule has 128 valence electrons. The number of guanidine groups is 1. The van der Waals surface area contributed by atoms with E-state index in [1.807, 2.05) is 20.8 Å². The highest BCUT2D eigenvalue weighted by atomic mass is 16.5. The van der Waals surface area contributed by atoms with Crippen molar-refractivity contribution < 1.29 is 14.6 Å². The molecule has 0 saturated carbocycles. The molecule has 0 aromatic heterocycles. The van der Waals surface area contributed by atoms with Gasteiger partial charge in [0.2, 0.25) is 0 Å². The number of methoxy groups -OCH3 is 1. The van der Waals surface area contributed by atoms with Crippen LogP contribution in [0.5, 0.6) is 0 Å². The van der Waals surface area contributed by atoms with Gasteiger partial charge in [0, 0.05) is 19.6 Å². The number of rotatable bonds is 6. The Morgan fingerprint density at radius 1 is 1.36 bits per heavy atom. The largest absolute Gasteiger partial charge is 0.469 e. The third-order valence-electron chi connectivity index (χ3n) is 4.59. The predicted molar refractivity (Wildman–Crippen MR) is 87.8 cm³/mol. The summed E-state index contributed by atoms with van der Waals surface area (Å²) in [6, 6.07) is 0. The second-order valence-electron chi connectivity index (χ2n) is 6.11. The number of hydrogen-bond acceptors (Lipinski definition) is 4. The number of nitrogens with zero attached hydrogens (tertiary/aromatic N) is 2. The number of aliphatic imine (C=N–C) groups is 1. The standard InChI is InChI=1S/C16H31N3O3/c1-6-16(21,7-2)11-18-15(17-8-3)19-9-12(4)13(10-19)14(20)22-5/h12-13,21H,6-11H2,1-5H3,(H,17,18). The van der Waals surface area contributed by atoms with Crippen LogP contribution >= 0.6 is 0 Å². The fourth-order valence-electron chi connectivity index (χ4n) is 2.72. The van der Waals surface area contributed by atoms with Gasteiger partial charge in [0.05, 0.1) is 25.2 Å². The summed E-state index contributed by atoms with van der Waals surface area (Å²) in [4.78, 5) is 18.5. The van der Waals surface area contributed by atoms with Crippen LogP contribution in [0, 0.1) is 11.8 Å². The lowest BCUT2D eigenvalue weighted by atomic mass is 9.98. The van der Waals surface area contributed by atoms with Crippen molar-refractivity contribution in [1.29, 1.82) is 0 Å². The normalized spacial score (nSPS) is 22.8. The molecular formula is C16H31N3O3. The van der Waals surface area contributed by atoms with Crippen LogP contribution in [0.15, 0.2) is 4.99 Å². The van der Waals surface area contributed by atoms with E-state index < -0.39 is 5.60 Å². The summed E-state index contributed by atoms with van der Waals surface area (Å²) >= 11 is 0. The molecule has 6 heteroatoms. The second kappa shape index (κ2) is 8.36. The highest BCUT2D eigenvalue weighted by Crippen LogP contribution is 2.24. The lowest BCUT2D eigenvalue weighted by molar-refractivity contribution is -0.145. The third kappa shape index (κ3) is 4.60. The Morgan fingerprint density at radius 2 is 2.00 bits per heavy atom. The van der Waals surface area contributed by atoms with Gasteiger partial charge < -0.3 is 20.1 Å². The van der Waals surface area contributed by atoms with Crippen LogP contribution in [-0.2, 0) is 9.53 Å². The minimum atomic E-state index is -0.756. The Bertz CT molecular complexity index is 394. The van der Waals surface area contributed by atoms with Gasteiger partial charge in [-0.05, 0) is 25.7 Å². The van der Waals surface area contributed by atoms with Crippen LogP contribution in [0.25, 0.3) is 0 Å². The van der Waals surface area contributed by atoms with Gasteiger partial charge in [-0.2, -0.15) is 0 Å². The summed E-state index contributed by atoms with van der Waals surface area (Å²) in [7, 11) is 1.43. The summed E-state index contributed by atoms with van der Waals surface area (Å²) in [5.41, 5.74) is -0.756. The monoisotopic (exact) mass is 313 g/mol. The van der Waals surface area contributed by atoms with Crippen LogP contribution in [0.3, 0.4) is 0 Å². The highest BCUT2D eigenvalue weighted by Gasteiger charge is 2.37. The van der Waals surface area contributed by atoms with Gasteiger partial charge in [0.15, 0.2) is 5.96 Å². The van der Waals surface area contributed by atoms with Gasteiger partial charge in [-0.25, -0.2) is 0 Å². The summed E-state index contributed by atoms with van der Waals surface area (Å²) in [6.45, 7) is 10.5. The smallest absolute Gasteiger partial charge is 0.310 e. The van der Waals surface area contributed by atoms with E-state index in [1.165, 1.54) is 7.11 Å². The molecule has 2 atom stereocenters. The molecule has 2 N–H and O–H groups in total. The van der Waals surface area contributed by atoms with Crippen molar-refractivity contribution in [2.75, 3.05) is 33.3 Å². The van der Waals surface area contributed by atoms with E-state index in [-0.39, 0.29) is 17.8 Å². The average Bonchev–Trinajstić information content (AvgIpc) is 2.92. The van der Waals surface area contributed by atoms with E-state index >= 15 is 0 Å². The van der Waals surface area contributed by atoms with Crippen molar-refractivity contribution in [1.82, 2.24) is 10.2 Å². The molecule has 0 spiro atoms. The first kappa shape index (κ1) is 18.7. The van der Waals surface area contributed by atoms with Crippen molar-refractivity contribution in [3.05, 3.63) is 0 Å². The zero-order chi connectivity index (χ0) is 16.8. The van der Waals surface area contributed by atoms with Crippen LogP contribution in [0.1, 0.15) is 40.5 Å². The van der Waals surface area contributed by atoms with Crippen molar-refractivity contribution in [3.63, 3.8) is 0 Å². The molecule has 1 saturated heterocycles. The van der Waals surface area contributed by atoms with Gasteiger partial charge in [-0.3, -0.25) is 9.79 Å². The van der Waals surface area contributed by atoms with Gasteiger partial charge in [-0.1, -0.05) is 20.8 Å². The van der Waals surface area contributed by atoms with E-state index in [9.17, 15) is 9.90 Å². The first-order chi connectivity index (χ1) is 10.4.